The highest BCUT2D eigenvalue weighted by Crippen LogP contribution is 2.32. The average Bonchev–Trinajstić information content (AvgIpc) is 2.81. The molecule has 7 heteroatoms. The van der Waals surface area contributed by atoms with E-state index in [-0.39, 0.29) is 11.5 Å². The van der Waals surface area contributed by atoms with Gasteiger partial charge < -0.3 is 24.0 Å². The van der Waals surface area contributed by atoms with Crippen LogP contribution >= 0.6 is 0 Å². The maximum atomic E-state index is 12.9. The summed E-state index contributed by atoms with van der Waals surface area (Å²) in [7, 11) is 4.71. The molecule has 0 unspecified atom stereocenters. The van der Waals surface area contributed by atoms with E-state index in [0.717, 1.165) is 11.4 Å². The number of piperazine rings is 1. The molecule has 0 radical (unpaired) electrons. The number of anilines is 1. The Morgan fingerprint density at radius 1 is 0.967 bits per heavy atom. The van der Waals surface area contributed by atoms with Crippen molar-refractivity contribution < 1.29 is 19.0 Å². The Hall–Kier alpha value is -3.66. The first kappa shape index (κ1) is 21.1. The van der Waals surface area contributed by atoms with Crippen LogP contribution < -0.4 is 19.1 Å². The van der Waals surface area contributed by atoms with Crippen LogP contribution in [0.5, 0.6) is 17.2 Å². The van der Waals surface area contributed by atoms with Gasteiger partial charge in [0.1, 0.15) is 17.4 Å². The van der Waals surface area contributed by atoms with E-state index in [2.05, 4.69) is 4.90 Å². The van der Waals surface area contributed by atoms with Crippen LogP contribution in [-0.4, -0.2) is 58.3 Å². The molecule has 1 heterocycles. The van der Waals surface area contributed by atoms with Crippen LogP contribution in [0.15, 0.2) is 48.0 Å². The van der Waals surface area contributed by atoms with E-state index in [4.69, 9.17) is 14.2 Å². The fourth-order valence-electron chi connectivity index (χ4n) is 3.45. The van der Waals surface area contributed by atoms with Gasteiger partial charge in [0.15, 0.2) is 11.5 Å². The van der Waals surface area contributed by atoms with Crippen LogP contribution in [0.2, 0.25) is 0 Å². The summed E-state index contributed by atoms with van der Waals surface area (Å²) in [6.45, 7) is 2.47. The van der Waals surface area contributed by atoms with Crippen LogP contribution in [0.4, 0.5) is 5.69 Å². The number of para-hydroxylation sites is 1. The van der Waals surface area contributed by atoms with Gasteiger partial charge in [-0.25, -0.2) is 0 Å². The van der Waals surface area contributed by atoms with Gasteiger partial charge in [-0.2, -0.15) is 5.26 Å². The largest absolute Gasteiger partial charge is 0.497 e. The zero-order valence-corrected chi connectivity index (χ0v) is 17.4. The van der Waals surface area contributed by atoms with Gasteiger partial charge in [0.05, 0.1) is 21.3 Å². The van der Waals surface area contributed by atoms with E-state index >= 15 is 0 Å². The van der Waals surface area contributed by atoms with E-state index in [1.54, 1.807) is 43.4 Å². The van der Waals surface area contributed by atoms with Gasteiger partial charge in [0.2, 0.25) is 0 Å². The zero-order valence-electron chi connectivity index (χ0n) is 17.4. The maximum Gasteiger partial charge on any atom is 0.264 e. The maximum absolute atomic E-state index is 12.9. The molecule has 156 valence electrons. The van der Waals surface area contributed by atoms with Crippen molar-refractivity contribution >= 4 is 17.7 Å². The summed E-state index contributed by atoms with van der Waals surface area (Å²) in [4.78, 5) is 16.9. The molecule has 1 saturated heterocycles. The van der Waals surface area contributed by atoms with Crippen molar-refractivity contribution in [1.82, 2.24) is 4.90 Å². The van der Waals surface area contributed by atoms with E-state index in [0.29, 0.717) is 43.2 Å². The lowest BCUT2D eigenvalue weighted by molar-refractivity contribution is -0.126. The van der Waals surface area contributed by atoms with Gasteiger partial charge in [-0.1, -0.05) is 12.1 Å². The van der Waals surface area contributed by atoms with Crippen molar-refractivity contribution in [2.45, 2.75) is 0 Å². The molecule has 7 nitrogen and oxygen atoms in total. The lowest BCUT2D eigenvalue weighted by atomic mass is 10.1. The van der Waals surface area contributed by atoms with Gasteiger partial charge in [-0.05, 0) is 36.4 Å². The molecule has 1 aliphatic heterocycles. The second kappa shape index (κ2) is 9.70. The predicted octanol–water partition coefficient (Wildman–Crippen LogP) is 2.97. The third kappa shape index (κ3) is 4.49. The fourth-order valence-corrected chi connectivity index (χ4v) is 3.45. The highest BCUT2D eigenvalue weighted by atomic mass is 16.5. The standard InChI is InChI=1S/C23H25N3O4/c1-28-20-9-7-19(8-10-20)25-11-13-26(14-12-25)23(27)18(16-24)15-17-5-4-6-21(29-2)22(17)30-3/h4-10,15H,11-14H2,1-3H3/b18-15+. The molecule has 30 heavy (non-hydrogen) atoms. The first-order valence-electron chi connectivity index (χ1n) is 9.62. The smallest absolute Gasteiger partial charge is 0.264 e. The summed E-state index contributed by atoms with van der Waals surface area (Å²) < 4.78 is 15.9. The van der Waals surface area contributed by atoms with Crippen LogP contribution in [-0.2, 0) is 4.79 Å². The first-order chi connectivity index (χ1) is 14.6. The molecule has 0 bridgehead atoms. The predicted molar refractivity (Wildman–Crippen MR) is 115 cm³/mol. The van der Waals surface area contributed by atoms with E-state index in [9.17, 15) is 10.1 Å². The number of rotatable bonds is 6. The second-order valence-electron chi connectivity index (χ2n) is 6.73. The number of nitriles is 1. The summed E-state index contributed by atoms with van der Waals surface area (Å²) in [5.74, 6) is 1.56. The number of carbonyl (C=O) groups is 1. The average molecular weight is 407 g/mol. The quantitative estimate of drug-likeness (QED) is 0.541. The Morgan fingerprint density at radius 2 is 1.67 bits per heavy atom. The Morgan fingerprint density at radius 3 is 2.23 bits per heavy atom. The van der Waals surface area contributed by atoms with Crippen molar-refractivity contribution in [3.63, 3.8) is 0 Å². The Balaban J connectivity index is 1.71. The third-order valence-electron chi connectivity index (χ3n) is 5.09. The molecule has 0 aromatic heterocycles. The minimum absolute atomic E-state index is 0.0689. The zero-order chi connectivity index (χ0) is 21.5. The van der Waals surface area contributed by atoms with E-state index in [1.165, 1.54) is 7.11 Å². The molecule has 2 aromatic rings. The lowest BCUT2D eigenvalue weighted by Gasteiger charge is -2.36. The fraction of sp³-hybridized carbons (Fsp3) is 0.304. The molecule has 0 N–H and O–H groups in total. The minimum Gasteiger partial charge on any atom is -0.497 e. The van der Waals surface area contributed by atoms with Crippen molar-refractivity contribution in [3.05, 3.63) is 53.6 Å². The number of methoxy groups -OCH3 is 3. The van der Waals surface area contributed by atoms with Crippen LogP contribution in [0.3, 0.4) is 0 Å². The summed E-state index contributed by atoms with van der Waals surface area (Å²) in [5.41, 5.74) is 1.78. The normalized spacial score (nSPS) is 14.1. The number of nitrogens with zero attached hydrogens (tertiary/aromatic N) is 3. The Bertz CT molecular complexity index is 955. The highest BCUT2D eigenvalue weighted by Gasteiger charge is 2.24. The molecule has 3 rings (SSSR count). The summed E-state index contributed by atoms with van der Waals surface area (Å²) in [6, 6.07) is 15.2. The highest BCUT2D eigenvalue weighted by molar-refractivity contribution is 6.02. The summed E-state index contributed by atoms with van der Waals surface area (Å²) in [5, 5.41) is 9.60. The SMILES string of the molecule is COc1ccc(N2CCN(C(=O)/C(C#N)=C/c3cccc(OC)c3OC)CC2)cc1. The van der Waals surface area contributed by atoms with Gasteiger partial charge in [0.25, 0.3) is 5.91 Å². The van der Waals surface area contributed by atoms with E-state index in [1.807, 2.05) is 30.3 Å². The van der Waals surface area contributed by atoms with Gasteiger partial charge >= 0.3 is 0 Å². The van der Waals surface area contributed by atoms with E-state index < -0.39 is 0 Å². The summed E-state index contributed by atoms with van der Waals surface area (Å²) in [6.07, 6.45) is 1.56. The number of hydrogen-bond donors (Lipinski definition) is 0. The minimum atomic E-state index is -0.281. The molecule has 0 spiro atoms. The number of benzene rings is 2. The molecule has 1 fully saturated rings. The van der Waals surface area contributed by atoms with Gasteiger partial charge in [0, 0.05) is 37.4 Å². The summed E-state index contributed by atoms with van der Waals surface area (Å²) >= 11 is 0. The third-order valence-corrected chi connectivity index (χ3v) is 5.09. The van der Waals surface area contributed by atoms with Crippen molar-refractivity contribution in [3.8, 4) is 23.3 Å². The molecule has 0 atom stereocenters. The van der Waals surface area contributed by atoms with Gasteiger partial charge in [-0.3, -0.25) is 4.79 Å². The topological polar surface area (TPSA) is 75.0 Å². The van der Waals surface area contributed by atoms with Crippen LogP contribution in [0.1, 0.15) is 5.56 Å². The van der Waals surface area contributed by atoms with Crippen LogP contribution in [0.25, 0.3) is 6.08 Å². The van der Waals surface area contributed by atoms with Gasteiger partial charge in [-0.15, -0.1) is 0 Å². The number of amides is 1. The van der Waals surface area contributed by atoms with Crippen molar-refractivity contribution in [2.75, 3.05) is 52.4 Å². The Labute approximate surface area is 176 Å². The van der Waals surface area contributed by atoms with Crippen molar-refractivity contribution in [1.29, 1.82) is 5.26 Å². The molecular weight excluding hydrogens is 382 g/mol. The molecule has 0 saturated carbocycles. The number of ether oxygens (including phenoxy) is 3. The molecule has 0 aliphatic carbocycles. The Kier molecular flexibility index (Phi) is 6.81. The second-order valence-corrected chi connectivity index (χ2v) is 6.73. The monoisotopic (exact) mass is 407 g/mol. The molecule has 1 amide bonds. The molecular formula is C23H25N3O4. The molecule has 1 aliphatic rings. The first-order valence-corrected chi connectivity index (χ1v) is 9.62. The van der Waals surface area contributed by atoms with Crippen LogP contribution in [0, 0.1) is 11.3 Å². The molecule has 2 aromatic carbocycles. The number of hydrogen-bond acceptors (Lipinski definition) is 6. The lowest BCUT2D eigenvalue weighted by Crippen LogP contribution is -2.49. The number of carbonyl (C=O) groups excluding carboxylic acids is 1. The van der Waals surface area contributed by atoms with Crippen molar-refractivity contribution in [2.24, 2.45) is 0 Å².